The summed E-state index contributed by atoms with van der Waals surface area (Å²) in [5, 5.41) is 10.7. The number of hydrogen-bond acceptors (Lipinski definition) is 5. The third-order valence-corrected chi connectivity index (χ3v) is 6.36. The summed E-state index contributed by atoms with van der Waals surface area (Å²) in [6.07, 6.45) is 0. The average molecular weight is 409 g/mol. The standard InChI is InChI=1S/C21H20N4OS2/c1-13-20(14(2)25(24-13)16-7-5-4-6-8-16)21(26)22-11-17-9-10-19(28-17)18-12-27-15(3)23-18/h4-10,12H,11H2,1-3H3,(H,22,26). The lowest BCUT2D eigenvalue weighted by molar-refractivity contribution is 0.0950. The van der Waals surface area contributed by atoms with Gasteiger partial charge in [-0.3, -0.25) is 4.79 Å². The molecule has 0 radical (unpaired) electrons. The number of rotatable bonds is 5. The van der Waals surface area contributed by atoms with Crippen molar-refractivity contribution in [3.05, 3.63) is 74.7 Å². The van der Waals surface area contributed by atoms with Crippen LogP contribution in [0, 0.1) is 20.8 Å². The number of aryl methyl sites for hydroxylation is 2. The highest BCUT2D eigenvalue weighted by Crippen LogP contribution is 2.29. The smallest absolute Gasteiger partial charge is 0.255 e. The lowest BCUT2D eigenvalue weighted by atomic mass is 10.2. The third kappa shape index (κ3) is 3.63. The molecule has 0 spiro atoms. The highest BCUT2D eigenvalue weighted by Gasteiger charge is 2.19. The van der Waals surface area contributed by atoms with Crippen LogP contribution < -0.4 is 5.32 Å². The third-order valence-electron chi connectivity index (χ3n) is 4.48. The van der Waals surface area contributed by atoms with Gasteiger partial charge in [-0.1, -0.05) is 18.2 Å². The topological polar surface area (TPSA) is 59.8 Å². The van der Waals surface area contributed by atoms with E-state index >= 15 is 0 Å². The summed E-state index contributed by atoms with van der Waals surface area (Å²) >= 11 is 3.30. The summed E-state index contributed by atoms with van der Waals surface area (Å²) in [6.45, 7) is 6.29. The number of carbonyl (C=O) groups excluding carboxylic acids is 1. The van der Waals surface area contributed by atoms with Crippen molar-refractivity contribution >= 4 is 28.6 Å². The Hall–Kier alpha value is -2.77. The Kier molecular flexibility index (Phi) is 5.11. The normalized spacial score (nSPS) is 11.0. The maximum atomic E-state index is 12.8. The second kappa shape index (κ2) is 7.69. The molecule has 3 heterocycles. The zero-order chi connectivity index (χ0) is 19.7. The average Bonchev–Trinajstić information content (AvgIpc) is 3.40. The fourth-order valence-corrected chi connectivity index (χ4v) is 4.73. The van der Waals surface area contributed by atoms with Crippen LogP contribution in [0.2, 0.25) is 0 Å². The minimum atomic E-state index is -0.100. The Labute approximate surface area is 171 Å². The molecule has 0 fully saturated rings. The van der Waals surface area contributed by atoms with Gasteiger partial charge in [-0.25, -0.2) is 9.67 Å². The van der Waals surface area contributed by atoms with E-state index in [1.54, 1.807) is 22.7 Å². The SMILES string of the molecule is Cc1nc(-c2ccc(CNC(=O)c3c(C)nn(-c4ccccc4)c3C)s2)cs1. The van der Waals surface area contributed by atoms with Gasteiger partial charge in [0, 0.05) is 10.3 Å². The highest BCUT2D eigenvalue weighted by atomic mass is 32.1. The zero-order valence-electron chi connectivity index (χ0n) is 15.9. The van der Waals surface area contributed by atoms with Crippen LogP contribution in [0.15, 0.2) is 47.8 Å². The van der Waals surface area contributed by atoms with E-state index in [0.29, 0.717) is 12.1 Å². The number of thiazole rings is 1. The van der Waals surface area contributed by atoms with Gasteiger partial charge in [0.05, 0.1) is 44.8 Å². The van der Waals surface area contributed by atoms with Gasteiger partial charge < -0.3 is 5.32 Å². The van der Waals surface area contributed by atoms with Crippen molar-refractivity contribution in [2.24, 2.45) is 0 Å². The predicted molar refractivity (Wildman–Crippen MR) is 114 cm³/mol. The zero-order valence-corrected chi connectivity index (χ0v) is 17.5. The van der Waals surface area contributed by atoms with Crippen LogP contribution in [0.5, 0.6) is 0 Å². The van der Waals surface area contributed by atoms with E-state index in [9.17, 15) is 4.79 Å². The van der Waals surface area contributed by atoms with Crippen LogP contribution in [-0.2, 0) is 6.54 Å². The first-order chi connectivity index (χ1) is 13.5. The largest absolute Gasteiger partial charge is 0.347 e. The molecular formula is C21H20N4OS2. The van der Waals surface area contributed by atoms with Gasteiger partial charge in [0.25, 0.3) is 5.91 Å². The van der Waals surface area contributed by atoms with E-state index in [0.717, 1.165) is 37.5 Å². The minimum absolute atomic E-state index is 0.100. The molecule has 0 atom stereocenters. The van der Waals surface area contributed by atoms with Crippen molar-refractivity contribution < 1.29 is 4.79 Å². The molecule has 142 valence electrons. The number of para-hydroxylation sites is 1. The molecular weight excluding hydrogens is 388 g/mol. The van der Waals surface area contributed by atoms with Gasteiger partial charge >= 0.3 is 0 Å². The first-order valence-electron chi connectivity index (χ1n) is 8.94. The van der Waals surface area contributed by atoms with Gasteiger partial charge in [-0.2, -0.15) is 5.10 Å². The Morgan fingerprint density at radius 1 is 1.11 bits per heavy atom. The molecule has 0 aliphatic heterocycles. The highest BCUT2D eigenvalue weighted by molar-refractivity contribution is 7.16. The molecule has 4 aromatic rings. The summed E-state index contributed by atoms with van der Waals surface area (Å²) in [5.74, 6) is -0.100. The first-order valence-corrected chi connectivity index (χ1v) is 10.6. The molecule has 0 aliphatic carbocycles. The lowest BCUT2D eigenvalue weighted by Crippen LogP contribution is -2.23. The molecule has 1 amide bonds. The molecule has 0 aliphatic rings. The number of thiophene rings is 1. The monoisotopic (exact) mass is 408 g/mol. The molecule has 0 unspecified atom stereocenters. The summed E-state index contributed by atoms with van der Waals surface area (Å²) in [7, 11) is 0. The van der Waals surface area contributed by atoms with Crippen LogP contribution in [0.4, 0.5) is 0 Å². The van der Waals surface area contributed by atoms with E-state index in [4.69, 9.17) is 0 Å². The Bertz CT molecular complexity index is 1120. The van der Waals surface area contributed by atoms with E-state index in [1.807, 2.05) is 61.9 Å². The predicted octanol–water partition coefficient (Wildman–Crippen LogP) is 4.91. The van der Waals surface area contributed by atoms with Crippen LogP contribution >= 0.6 is 22.7 Å². The quantitative estimate of drug-likeness (QED) is 0.510. The molecule has 7 heteroatoms. The van der Waals surface area contributed by atoms with Gasteiger partial charge in [0.1, 0.15) is 0 Å². The summed E-state index contributed by atoms with van der Waals surface area (Å²) in [5.41, 5.74) is 4.15. The number of carbonyl (C=O) groups is 1. The maximum absolute atomic E-state index is 12.8. The van der Waals surface area contributed by atoms with Gasteiger partial charge in [0.15, 0.2) is 0 Å². The Morgan fingerprint density at radius 2 is 1.89 bits per heavy atom. The lowest BCUT2D eigenvalue weighted by Gasteiger charge is -2.06. The molecule has 5 nitrogen and oxygen atoms in total. The number of hydrogen-bond donors (Lipinski definition) is 1. The van der Waals surface area contributed by atoms with Crippen molar-refractivity contribution in [2.75, 3.05) is 0 Å². The second-order valence-electron chi connectivity index (χ2n) is 6.49. The maximum Gasteiger partial charge on any atom is 0.255 e. The van der Waals surface area contributed by atoms with Crippen LogP contribution in [-0.4, -0.2) is 20.7 Å². The van der Waals surface area contributed by atoms with E-state index in [-0.39, 0.29) is 5.91 Å². The molecule has 0 saturated heterocycles. The first kappa shape index (κ1) is 18.6. The number of aromatic nitrogens is 3. The van der Waals surface area contributed by atoms with Crippen LogP contribution in [0.3, 0.4) is 0 Å². The number of benzene rings is 1. The molecule has 3 aromatic heterocycles. The Balaban J connectivity index is 1.49. The molecule has 28 heavy (non-hydrogen) atoms. The molecule has 0 bridgehead atoms. The van der Waals surface area contributed by atoms with Crippen molar-refractivity contribution in [1.29, 1.82) is 0 Å². The summed E-state index contributed by atoms with van der Waals surface area (Å²) in [4.78, 5) is 19.6. The van der Waals surface area contributed by atoms with Crippen molar-refractivity contribution in [1.82, 2.24) is 20.1 Å². The van der Waals surface area contributed by atoms with E-state index in [1.165, 1.54) is 0 Å². The van der Waals surface area contributed by atoms with Crippen LogP contribution in [0.1, 0.15) is 31.6 Å². The number of amides is 1. The molecule has 1 N–H and O–H groups in total. The molecule has 4 rings (SSSR count). The number of nitrogens with zero attached hydrogens (tertiary/aromatic N) is 3. The number of nitrogens with one attached hydrogen (secondary N) is 1. The fourth-order valence-electron chi connectivity index (χ4n) is 3.13. The summed E-state index contributed by atoms with van der Waals surface area (Å²) < 4.78 is 1.82. The van der Waals surface area contributed by atoms with Gasteiger partial charge in [-0.05, 0) is 45.0 Å². The van der Waals surface area contributed by atoms with Crippen molar-refractivity contribution in [3.63, 3.8) is 0 Å². The summed E-state index contributed by atoms with van der Waals surface area (Å²) in [6, 6.07) is 14.0. The minimum Gasteiger partial charge on any atom is -0.347 e. The fraction of sp³-hybridized carbons (Fsp3) is 0.190. The molecule has 0 saturated carbocycles. The van der Waals surface area contributed by atoms with Crippen LogP contribution in [0.25, 0.3) is 16.3 Å². The Morgan fingerprint density at radius 3 is 2.61 bits per heavy atom. The second-order valence-corrected chi connectivity index (χ2v) is 8.72. The van der Waals surface area contributed by atoms with Gasteiger partial charge in [0.2, 0.25) is 0 Å². The van der Waals surface area contributed by atoms with Gasteiger partial charge in [-0.15, -0.1) is 22.7 Å². The van der Waals surface area contributed by atoms with E-state index < -0.39 is 0 Å². The van der Waals surface area contributed by atoms with E-state index in [2.05, 4.69) is 26.8 Å². The van der Waals surface area contributed by atoms with Crippen molar-refractivity contribution in [2.45, 2.75) is 27.3 Å². The molecule has 1 aromatic carbocycles. The van der Waals surface area contributed by atoms with Crippen molar-refractivity contribution in [3.8, 4) is 16.3 Å².